The topological polar surface area (TPSA) is 72.9 Å². The first-order valence-corrected chi connectivity index (χ1v) is 6.74. The molecule has 0 aliphatic heterocycles. The molecule has 1 amide bonds. The second-order valence-electron chi connectivity index (χ2n) is 4.87. The van der Waals surface area contributed by atoms with E-state index in [0.717, 1.165) is 22.2 Å². The summed E-state index contributed by atoms with van der Waals surface area (Å²) in [6, 6.07) is 15.9. The van der Waals surface area contributed by atoms with Gasteiger partial charge < -0.3 is 4.57 Å². The number of hydrogen-bond acceptors (Lipinski definition) is 3. The summed E-state index contributed by atoms with van der Waals surface area (Å²) in [5.74, 6) is 4.97. The number of carbonyl (C=O) groups excluding carboxylic acids is 1. The molecule has 1 heterocycles. The Labute approximate surface area is 122 Å². The number of nitrogens with zero attached hydrogens (tertiary/aromatic N) is 2. The van der Waals surface area contributed by atoms with Crippen LogP contribution in [0.2, 0.25) is 0 Å². The number of aromatic nitrogens is 2. The van der Waals surface area contributed by atoms with Crippen molar-refractivity contribution in [3.63, 3.8) is 0 Å². The molecule has 5 nitrogen and oxygen atoms in total. The van der Waals surface area contributed by atoms with Crippen molar-refractivity contribution in [2.75, 3.05) is 0 Å². The molecule has 0 saturated heterocycles. The van der Waals surface area contributed by atoms with Gasteiger partial charge in [-0.3, -0.25) is 10.2 Å². The largest absolute Gasteiger partial charge is 0.326 e. The normalized spacial score (nSPS) is 10.7. The lowest BCUT2D eigenvalue weighted by Gasteiger charge is -2.10. The molecule has 0 aliphatic carbocycles. The van der Waals surface area contributed by atoms with Crippen LogP contribution in [0, 0.1) is 0 Å². The average Bonchev–Trinajstić information content (AvgIpc) is 2.92. The van der Waals surface area contributed by atoms with Crippen molar-refractivity contribution < 1.29 is 4.79 Å². The van der Waals surface area contributed by atoms with Crippen molar-refractivity contribution in [3.8, 4) is 0 Å². The summed E-state index contributed by atoms with van der Waals surface area (Å²) >= 11 is 0. The summed E-state index contributed by atoms with van der Waals surface area (Å²) in [5, 5.41) is 0. The van der Waals surface area contributed by atoms with Crippen LogP contribution in [-0.2, 0) is 17.8 Å². The number of rotatable bonds is 4. The Kier molecular flexibility index (Phi) is 3.66. The van der Waals surface area contributed by atoms with E-state index in [1.165, 1.54) is 0 Å². The van der Waals surface area contributed by atoms with Gasteiger partial charge in [-0.1, -0.05) is 36.4 Å². The Morgan fingerprint density at radius 3 is 2.62 bits per heavy atom. The zero-order valence-corrected chi connectivity index (χ0v) is 11.5. The van der Waals surface area contributed by atoms with Gasteiger partial charge in [-0.05, 0) is 23.3 Å². The monoisotopic (exact) mass is 280 g/mol. The number of para-hydroxylation sites is 2. The maximum atomic E-state index is 11.5. The van der Waals surface area contributed by atoms with E-state index in [-0.39, 0.29) is 12.3 Å². The summed E-state index contributed by atoms with van der Waals surface area (Å²) in [7, 11) is 0. The Hall–Kier alpha value is -2.66. The molecular formula is C16H16N4O. The van der Waals surface area contributed by atoms with Gasteiger partial charge in [0.1, 0.15) is 0 Å². The van der Waals surface area contributed by atoms with E-state index in [9.17, 15) is 4.79 Å². The van der Waals surface area contributed by atoms with Crippen molar-refractivity contribution in [1.82, 2.24) is 15.0 Å². The van der Waals surface area contributed by atoms with E-state index in [2.05, 4.69) is 15.0 Å². The van der Waals surface area contributed by atoms with Crippen molar-refractivity contribution in [1.29, 1.82) is 0 Å². The first-order valence-electron chi connectivity index (χ1n) is 6.74. The summed E-state index contributed by atoms with van der Waals surface area (Å²) < 4.78 is 2.08. The van der Waals surface area contributed by atoms with Crippen LogP contribution in [0.5, 0.6) is 0 Å². The maximum Gasteiger partial charge on any atom is 0.238 e. The predicted octanol–water partition coefficient (Wildman–Crippen LogP) is 1.62. The van der Waals surface area contributed by atoms with Crippen LogP contribution in [-0.4, -0.2) is 15.5 Å². The molecule has 0 bridgehead atoms. The molecule has 0 unspecified atom stereocenters. The third-order valence-electron chi connectivity index (χ3n) is 3.50. The van der Waals surface area contributed by atoms with Crippen LogP contribution < -0.4 is 11.3 Å². The molecule has 5 heteroatoms. The fourth-order valence-corrected chi connectivity index (χ4v) is 2.43. The molecule has 0 atom stereocenters. The summed E-state index contributed by atoms with van der Waals surface area (Å²) in [5.41, 5.74) is 6.28. The third-order valence-corrected chi connectivity index (χ3v) is 3.50. The van der Waals surface area contributed by atoms with Gasteiger partial charge in [0.2, 0.25) is 5.91 Å². The first kappa shape index (κ1) is 13.3. The molecule has 3 N–H and O–H groups in total. The fraction of sp³-hybridized carbons (Fsp3) is 0.125. The first-order chi connectivity index (χ1) is 10.3. The van der Waals surface area contributed by atoms with Gasteiger partial charge >= 0.3 is 0 Å². The molecule has 21 heavy (non-hydrogen) atoms. The van der Waals surface area contributed by atoms with E-state index >= 15 is 0 Å². The second-order valence-corrected chi connectivity index (χ2v) is 4.87. The highest BCUT2D eigenvalue weighted by molar-refractivity contribution is 5.78. The van der Waals surface area contributed by atoms with E-state index in [4.69, 9.17) is 5.84 Å². The zero-order valence-electron chi connectivity index (χ0n) is 11.5. The molecule has 0 spiro atoms. The smallest absolute Gasteiger partial charge is 0.238 e. The number of imidazole rings is 1. The molecule has 0 aliphatic rings. The maximum absolute atomic E-state index is 11.5. The number of nitrogens with two attached hydrogens (primary N) is 1. The molecule has 106 valence electrons. The molecule has 0 radical (unpaired) electrons. The number of nitrogens with one attached hydrogen (secondary N) is 1. The molecule has 0 fully saturated rings. The van der Waals surface area contributed by atoms with Gasteiger partial charge in [-0.2, -0.15) is 0 Å². The zero-order chi connectivity index (χ0) is 14.7. The summed E-state index contributed by atoms with van der Waals surface area (Å²) in [6.45, 7) is 0.675. The van der Waals surface area contributed by atoms with Crippen molar-refractivity contribution in [3.05, 3.63) is 66.0 Å². The van der Waals surface area contributed by atoms with Crippen LogP contribution >= 0.6 is 0 Å². The number of hydrazine groups is 1. The van der Waals surface area contributed by atoms with Crippen LogP contribution in [0.15, 0.2) is 54.9 Å². The number of hydrogen-bond donors (Lipinski definition) is 2. The van der Waals surface area contributed by atoms with Crippen LogP contribution in [0.25, 0.3) is 11.0 Å². The van der Waals surface area contributed by atoms with Crippen molar-refractivity contribution in [2.24, 2.45) is 5.84 Å². The van der Waals surface area contributed by atoms with Crippen molar-refractivity contribution >= 4 is 16.9 Å². The number of fused-ring (bicyclic) bond motifs is 1. The fourth-order valence-electron chi connectivity index (χ4n) is 2.43. The van der Waals surface area contributed by atoms with Gasteiger partial charge in [0.15, 0.2) is 0 Å². The third kappa shape index (κ3) is 2.78. The lowest BCUT2D eigenvalue weighted by molar-refractivity contribution is -0.120. The van der Waals surface area contributed by atoms with E-state index in [1.54, 1.807) is 0 Å². The SMILES string of the molecule is NNC(=O)Cc1ccccc1Cn1cnc2ccccc21. The number of benzene rings is 2. The minimum absolute atomic E-state index is 0.196. The number of carbonyl (C=O) groups is 1. The van der Waals surface area contributed by atoms with Crippen LogP contribution in [0.1, 0.15) is 11.1 Å². The molecular weight excluding hydrogens is 264 g/mol. The van der Waals surface area contributed by atoms with Crippen LogP contribution in [0.4, 0.5) is 0 Å². The quantitative estimate of drug-likeness (QED) is 0.433. The van der Waals surface area contributed by atoms with Crippen LogP contribution in [0.3, 0.4) is 0 Å². The Morgan fingerprint density at radius 1 is 1.10 bits per heavy atom. The highest BCUT2D eigenvalue weighted by atomic mass is 16.2. The lowest BCUT2D eigenvalue weighted by atomic mass is 10.0. The molecule has 1 aromatic heterocycles. The molecule has 3 rings (SSSR count). The summed E-state index contributed by atoms with van der Waals surface area (Å²) in [6.07, 6.45) is 2.10. The Balaban J connectivity index is 1.93. The highest BCUT2D eigenvalue weighted by Gasteiger charge is 2.08. The van der Waals surface area contributed by atoms with Gasteiger partial charge in [0.25, 0.3) is 0 Å². The summed E-state index contributed by atoms with van der Waals surface area (Å²) in [4.78, 5) is 15.9. The van der Waals surface area contributed by atoms with E-state index in [1.807, 2.05) is 54.9 Å². The average molecular weight is 280 g/mol. The van der Waals surface area contributed by atoms with E-state index in [0.29, 0.717) is 6.54 Å². The highest BCUT2D eigenvalue weighted by Crippen LogP contribution is 2.16. The predicted molar refractivity (Wildman–Crippen MR) is 81.3 cm³/mol. The number of amides is 1. The van der Waals surface area contributed by atoms with Gasteiger partial charge in [0, 0.05) is 6.54 Å². The van der Waals surface area contributed by atoms with Gasteiger partial charge in [0.05, 0.1) is 23.8 Å². The molecule has 2 aromatic carbocycles. The minimum Gasteiger partial charge on any atom is -0.326 e. The Bertz CT molecular complexity index is 779. The lowest BCUT2D eigenvalue weighted by Crippen LogP contribution is -2.31. The standard InChI is InChI=1S/C16H16N4O/c17-19-16(21)9-12-5-1-2-6-13(12)10-20-11-18-14-7-3-4-8-15(14)20/h1-8,11H,9-10,17H2,(H,19,21). The Morgan fingerprint density at radius 2 is 1.81 bits per heavy atom. The van der Waals surface area contributed by atoms with Gasteiger partial charge in [-0.25, -0.2) is 10.8 Å². The second kappa shape index (κ2) is 5.76. The van der Waals surface area contributed by atoms with Gasteiger partial charge in [-0.15, -0.1) is 0 Å². The minimum atomic E-state index is -0.196. The van der Waals surface area contributed by atoms with E-state index < -0.39 is 0 Å². The molecule has 3 aromatic rings. The van der Waals surface area contributed by atoms with Crippen molar-refractivity contribution in [2.45, 2.75) is 13.0 Å². The molecule has 0 saturated carbocycles.